The Bertz CT molecular complexity index is 1400. The number of primary sulfonamides is 1. The Labute approximate surface area is 201 Å². The van der Waals surface area contributed by atoms with E-state index < -0.39 is 10.0 Å². The van der Waals surface area contributed by atoms with E-state index in [1.165, 1.54) is 23.9 Å². The van der Waals surface area contributed by atoms with Crippen LogP contribution in [0.5, 0.6) is 0 Å². The number of nitrogens with one attached hydrogen (secondary N) is 1. The SMILES string of the molecule is Cc1occc1-c1nnc(SCC(=O)N[C@H](C)c2ccc(S(N)(=O)=O)cc2)n1-c1ccccc1. The molecule has 1 atom stereocenters. The molecule has 0 fully saturated rings. The largest absolute Gasteiger partial charge is 0.469 e. The van der Waals surface area contributed by atoms with Crippen LogP contribution in [0.3, 0.4) is 0 Å². The predicted molar refractivity (Wildman–Crippen MR) is 129 cm³/mol. The number of carbonyl (C=O) groups is 1. The summed E-state index contributed by atoms with van der Waals surface area (Å²) in [7, 11) is -3.76. The fourth-order valence-electron chi connectivity index (χ4n) is 3.41. The van der Waals surface area contributed by atoms with E-state index in [1.807, 2.05) is 54.8 Å². The van der Waals surface area contributed by atoms with E-state index in [-0.39, 0.29) is 22.6 Å². The number of carbonyl (C=O) groups excluding carboxylic acids is 1. The van der Waals surface area contributed by atoms with Crippen molar-refractivity contribution >= 4 is 27.7 Å². The maximum absolute atomic E-state index is 12.6. The second-order valence-electron chi connectivity index (χ2n) is 7.56. The van der Waals surface area contributed by atoms with Crippen molar-refractivity contribution in [1.82, 2.24) is 20.1 Å². The lowest BCUT2D eigenvalue weighted by Gasteiger charge is -2.15. The van der Waals surface area contributed by atoms with E-state index >= 15 is 0 Å². The Morgan fingerprint density at radius 1 is 1.12 bits per heavy atom. The van der Waals surface area contributed by atoms with Crippen molar-refractivity contribution in [3.8, 4) is 17.1 Å². The molecule has 2 heterocycles. The molecule has 4 rings (SSSR count). The van der Waals surface area contributed by atoms with Crippen molar-refractivity contribution in [2.75, 3.05) is 5.75 Å². The number of rotatable bonds is 8. The number of aryl methyl sites for hydroxylation is 1. The van der Waals surface area contributed by atoms with Crippen LogP contribution in [-0.2, 0) is 14.8 Å². The van der Waals surface area contributed by atoms with Crippen LogP contribution >= 0.6 is 11.8 Å². The van der Waals surface area contributed by atoms with Crippen LogP contribution in [0.15, 0.2) is 81.4 Å². The Morgan fingerprint density at radius 3 is 2.44 bits per heavy atom. The van der Waals surface area contributed by atoms with Crippen LogP contribution < -0.4 is 10.5 Å². The zero-order valence-corrected chi connectivity index (χ0v) is 20.1. The molecule has 0 aliphatic rings. The molecule has 0 saturated heterocycles. The number of aromatic nitrogens is 3. The van der Waals surface area contributed by atoms with Crippen LogP contribution in [-0.4, -0.2) is 34.8 Å². The third kappa shape index (κ3) is 5.22. The molecule has 0 saturated carbocycles. The van der Waals surface area contributed by atoms with Gasteiger partial charge >= 0.3 is 0 Å². The second-order valence-corrected chi connectivity index (χ2v) is 10.1. The van der Waals surface area contributed by atoms with E-state index in [2.05, 4.69) is 15.5 Å². The molecular weight excluding hydrogens is 474 g/mol. The second kappa shape index (κ2) is 9.84. The van der Waals surface area contributed by atoms with Gasteiger partial charge in [-0.15, -0.1) is 10.2 Å². The highest BCUT2D eigenvalue weighted by Crippen LogP contribution is 2.30. The maximum atomic E-state index is 12.6. The predicted octanol–water partition coefficient (Wildman–Crippen LogP) is 3.45. The van der Waals surface area contributed by atoms with Crippen LogP contribution in [0.4, 0.5) is 0 Å². The number of nitrogens with two attached hydrogens (primary N) is 1. The van der Waals surface area contributed by atoms with Gasteiger partial charge in [0.05, 0.1) is 28.5 Å². The topological polar surface area (TPSA) is 133 Å². The summed E-state index contributed by atoms with van der Waals surface area (Å²) in [5.74, 6) is 1.27. The minimum atomic E-state index is -3.76. The molecule has 34 heavy (non-hydrogen) atoms. The summed E-state index contributed by atoms with van der Waals surface area (Å²) in [5.41, 5.74) is 2.45. The molecule has 11 heteroatoms. The summed E-state index contributed by atoms with van der Waals surface area (Å²) in [5, 5.41) is 17.3. The van der Waals surface area contributed by atoms with Gasteiger partial charge in [-0.1, -0.05) is 42.1 Å². The molecule has 2 aromatic carbocycles. The molecule has 0 bridgehead atoms. The summed E-state index contributed by atoms with van der Waals surface area (Å²) in [6.45, 7) is 3.68. The van der Waals surface area contributed by atoms with Gasteiger partial charge in [-0.25, -0.2) is 13.6 Å². The van der Waals surface area contributed by atoms with Crippen molar-refractivity contribution < 1.29 is 17.6 Å². The highest BCUT2D eigenvalue weighted by atomic mass is 32.2. The summed E-state index contributed by atoms with van der Waals surface area (Å²) in [4.78, 5) is 12.7. The molecule has 0 aliphatic heterocycles. The van der Waals surface area contributed by atoms with E-state index in [0.29, 0.717) is 11.0 Å². The number of hydrogen-bond donors (Lipinski definition) is 2. The number of furan rings is 1. The van der Waals surface area contributed by atoms with Crippen molar-refractivity contribution in [3.05, 3.63) is 78.3 Å². The molecular formula is C23H23N5O4S2. The van der Waals surface area contributed by atoms with Gasteiger partial charge in [-0.05, 0) is 49.7 Å². The number of hydrogen-bond acceptors (Lipinski definition) is 7. The zero-order valence-electron chi connectivity index (χ0n) is 18.5. The first-order valence-corrected chi connectivity index (χ1v) is 12.9. The molecule has 176 valence electrons. The highest BCUT2D eigenvalue weighted by molar-refractivity contribution is 7.99. The van der Waals surface area contributed by atoms with Gasteiger partial charge in [0.25, 0.3) is 0 Å². The minimum Gasteiger partial charge on any atom is -0.469 e. The average Bonchev–Trinajstić information content (AvgIpc) is 3.43. The minimum absolute atomic E-state index is 0.0224. The summed E-state index contributed by atoms with van der Waals surface area (Å²) in [6.07, 6.45) is 1.60. The first-order chi connectivity index (χ1) is 16.2. The number of amides is 1. The van der Waals surface area contributed by atoms with Crippen molar-refractivity contribution in [3.63, 3.8) is 0 Å². The van der Waals surface area contributed by atoms with E-state index in [4.69, 9.17) is 9.56 Å². The van der Waals surface area contributed by atoms with Crippen LogP contribution in [0.2, 0.25) is 0 Å². The number of thioether (sulfide) groups is 1. The number of para-hydroxylation sites is 1. The normalized spacial score (nSPS) is 12.4. The number of benzene rings is 2. The van der Waals surface area contributed by atoms with Crippen LogP contribution in [0.25, 0.3) is 17.1 Å². The molecule has 3 N–H and O–H groups in total. The molecule has 0 spiro atoms. The van der Waals surface area contributed by atoms with Gasteiger partial charge in [-0.3, -0.25) is 9.36 Å². The van der Waals surface area contributed by atoms with Crippen LogP contribution in [0, 0.1) is 6.92 Å². The number of nitrogens with zero attached hydrogens (tertiary/aromatic N) is 3. The molecule has 0 radical (unpaired) electrons. The third-order valence-corrected chi connectivity index (χ3v) is 7.02. The maximum Gasteiger partial charge on any atom is 0.238 e. The van der Waals surface area contributed by atoms with Gasteiger partial charge in [0.2, 0.25) is 15.9 Å². The lowest BCUT2D eigenvalue weighted by molar-refractivity contribution is -0.119. The molecule has 0 unspecified atom stereocenters. The van der Waals surface area contributed by atoms with E-state index in [0.717, 1.165) is 22.6 Å². The third-order valence-electron chi connectivity index (χ3n) is 5.17. The van der Waals surface area contributed by atoms with Crippen molar-refractivity contribution in [1.29, 1.82) is 0 Å². The average molecular weight is 498 g/mol. The Morgan fingerprint density at radius 2 is 1.82 bits per heavy atom. The van der Waals surface area contributed by atoms with Gasteiger partial charge < -0.3 is 9.73 Å². The quantitative estimate of drug-likeness (QED) is 0.356. The van der Waals surface area contributed by atoms with Gasteiger partial charge in [0.15, 0.2) is 11.0 Å². The van der Waals surface area contributed by atoms with Gasteiger partial charge in [-0.2, -0.15) is 0 Å². The molecule has 9 nitrogen and oxygen atoms in total. The standard InChI is InChI=1S/C23H23N5O4S2/c1-15(17-8-10-19(11-9-17)34(24,30)31)25-21(29)14-33-23-27-26-22(20-12-13-32-16(20)2)28(23)18-6-4-3-5-7-18/h3-13,15H,14H2,1-2H3,(H,25,29)(H2,24,30,31)/t15-/m1/s1. The van der Waals surface area contributed by atoms with Crippen molar-refractivity contribution in [2.45, 2.75) is 29.9 Å². The fourth-order valence-corrected chi connectivity index (χ4v) is 4.69. The highest BCUT2D eigenvalue weighted by Gasteiger charge is 2.20. The monoisotopic (exact) mass is 497 g/mol. The molecule has 2 aromatic heterocycles. The van der Waals surface area contributed by atoms with Crippen LogP contribution in [0.1, 0.15) is 24.3 Å². The zero-order chi connectivity index (χ0) is 24.3. The lowest BCUT2D eigenvalue weighted by atomic mass is 10.1. The first-order valence-electron chi connectivity index (χ1n) is 10.3. The first kappa shape index (κ1) is 23.7. The fraction of sp³-hybridized carbons (Fsp3) is 0.174. The molecule has 1 amide bonds. The Kier molecular flexibility index (Phi) is 6.87. The summed E-state index contributed by atoms with van der Waals surface area (Å²) in [6, 6.07) is 17.3. The van der Waals surface area contributed by atoms with Gasteiger partial charge in [0, 0.05) is 5.69 Å². The smallest absolute Gasteiger partial charge is 0.238 e. The van der Waals surface area contributed by atoms with Crippen molar-refractivity contribution in [2.24, 2.45) is 5.14 Å². The lowest BCUT2D eigenvalue weighted by Crippen LogP contribution is -2.28. The van der Waals surface area contributed by atoms with E-state index in [1.54, 1.807) is 18.4 Å². The Balaban J connectivity index is 1.49. The molecule has 0 aliphatic carbocycles. The summed E-state index contributed by atoms with van der Waals surface area (Å²) < 4.78 is 30.2. The Hall–Kier alpha value is -3.41. The number of sulfonamides is 1. The van der Waals surface area contributed by atoms with Gasteiger partial charge in [0.1, 0.15) is 5.76 Å². The summed E-state index contributed by atoms with van der Waals surface area (Å²) >= 11 is 1.27. The van der Waals surface area contributed by atoms with E-state index in [9.17, 15) is 13.2 Å². The molecule has 4 aromatic rings.